The van der Waals surface area contributed by atoms with Crippen LogP contribution < -0.4 is 5.73 Å². The van der Waals surface area contributed by atoms with Crippen LogP contribution in [-0.2, 0) is 4.79 Å². The highest BCUT2D eigenvalue weighted by Gasteiger charge is 2.09. The lowest BCUT2D eigenvalue weighted by molar-refractivity contribution is -0.109. The van der Waals surface area contributed by atoms with Gasteiger partial charge in [0.05, 0.1) is 6.04 Å². The average Bonchev–Trinajstić information content (AvgIpc) is 2.03. The van der Waals surface area contributed by atoms with Crippen molar-refractivity contribution in [2.24, 2.45) is 5.73 Å². The molecule has 0 aliphatic heterocycles. The Hall–Kier alpha value is -0.930. The molecule has 0 radical (unpaired) electrons. The van der Waals surface area contributed by atoms with Crippen LogP contribution in [0, 0.1) is 5.82 Å². The highest BCUT2D eigenvalue weighted by Crippen LogP contribution is 2.17. The molecular formula is C8H7ClFNO. The number of benzene rings is 1. The summed E-state index contributed by atoms with van der Waals surface area (Å²) in [7, 11) is 0. The molecule has 0 amide bonds. The van der Waals surface area contributed by atoms with Crippen molar-refractivity contribution in [3.05, 3.63) is 34.6 Å². The van der Waals surface area contributed by atoms with E-state index in [1.165, 1.54) is 12.1 Å². The standard InChI is InChI=1S/C8H7ClFNO/c9-5-1-2-6(7(10)3-5)8(11)4-12/h1-4,8H,11H2. The van der Waals surface area contributed by atoms with Gasteiger partial charge in [0, 0.05) is 10.6 Å². The Bertz CT molecular complexity index is 303. The maximum atomic E-state index is 13.0. The molecule has 0 saturated heterocycles. The van der Waals surface area contributed by atoms with Crippen molar-refractivity contribution in [1.29, 1.82) is 0 Å². The molecule has 1 rings (SSSR count). The summed E-state index contributed by atoms with van der Waals surface area (Å²) in [5.41, 5.74) is 5.46. The molecule has 0 saturated carbocycles. The first-order valence-electron chi connectivity index (χ1n) is 3.31. The Labute approximate surface area is 74.1 Å². The topological polar surface area (TPSA) is 43.1 Å². The minimum absolute atomic E-state index is 0.161. The fraction of sp³-hybridized carbons (Fsp3) is 0.125. The second-order valence-corrected chi connectivity index (χ2v) is 2.76. The fourth-order valence-corrected chi connectivity index (χ4v) is 1.00. The van der Waals surface area contributed by atoms with Crippen LogP contribution in [0.1, 0.15) is 11.6 Å². The van der Waals surface area contributed by atoms with E-state index in [4.69, 9.17) is 17.3 Å². The molecule has 1 atom stereocenters. The highest BCUT2D eigenvalue weighted by molar-refractivity contribution is 6.30. The van der Waals surface area contributed by atoms with Crippen molar-refractivity contribution < 1.29 is 9.18 Å². The van der Waals surface area contributed by atoms with Gasteiger partial charge in [0.25, 0.3) is 0 Å². The quantitative estimate of drug-likeness (QED) is 0.716. The van der Waals surface area contributed by atoms with E-state index < -0.39 is 11.9 Å². The molecule has 4 heteroatoms. The molecular weight excluding hydrogens is 181 g/mol. The van der Waals surface area contributed by atoms with Crippen molar-refractivity contribution in [1.82, 2.24) is 0 Å². The van der Waals surface area contributed by atoms with Gasteiger partial charge < -0.3 is 10.5 Å². The summed E-state index contributed by atoms with van der Waals surface area (Å²) >= 11 is 5.50. The fourth-order valence-electron chi connectivity index (χ4n) is 0.845. The Balaban J connectivity index is 3.09. The number of aldehydes is 1. The Morgan fingerprint density at radius 3 is 2.75 bits per heavy atom. The maximum absolute atomic E-state index is 13.0. The number of carbonyl (C=O) groups excluding carboxylic acids is 1. The summed E-state index contributed by atoms with van der Waals surface area (Å²) in [6.07, 6.45) is 0.478. The lowest BCUT2D eigenvalue weighted by Gasteiger charge is -2.04. The Kier molecular flexibility index (Phi) is 2.78. The molecule has 0 spiro atoms. The summed E-state index contributed by atoms with van der Waals surface area (Å²) in [6, 6.07) is 3.10. The van der Waals surface area contributed by atoms with Crippen LogP contribution in [0.15, 0.2) is 18.2 Å². The summed E-state index contributed by atoms with van der Waals surface area (Å²) in [4.78, 5) is 10.2. The summed E-state index contributed by atoms with van der Waals surface area (Å²) in [5.74, 6) is -0.554. The largest absolute Gasteiger partial charge is 0.318 e. The van der Waals surface area contributed by atoms with Gasteiger partial charge in [-0.25, -0.2) is 4.39 Å². The summed E-state index contributed by atoms with van der Waals surface area (Å²) in [5, 5.41) is 0.286. The van der Waals surface area contributed by atoms with Gasteiger partial charge in [0.2, 0.25) is 0 Å². The SMILES string of the molecule is NC(C=O)c1ccc(Cl)cc1F. The smallest absolute Gasteiger partial charge is 0.141 e. The lowest BCUT2D eigenvalue weighted by atomic mass is 10.1. The third kappa shape index (κ3) is 1.81. The van der Waals surface area contributed by atoms with Crippen LogP contribution in [0.3, 0.4) is 0 Å². The third-order valence-electron chi connectivity index (χ3n) is 1.47. The van der Waals surface area contributed by atoms with Gasteiger partial charge in [0.1, 0.15) is 12.1 Å². The molecule has 64 valence electrons. The first-order valence-corrected chi connectivity index (χ1v) is 3.69. The minimum atomic E-state index is -0.915. The van der Waals surface area contributed by atoms with Crippen molar-refractivity contribution in [2.45, 2.75) is 6.04 Å². The van der Waals surface area contributed by atoms with Crippen LogP contribution >= 0.6 is 11.6 Å². The van der Waals surface area contributed by atoms with Crippen LogP contribution in [0.5, 0.6) is 0 Å². The number of rotatable bonds is 2. The predicted molar refractivity (Wildman–Crippen MR) is 44.4 cm³/mol. The van der Waals surface area contributed by atoms with E-state index >= 15 is 0 Å². The second-order valence-electron chi connectivity index (χ2n) is 2.33. The number of halogens is 2. The third-order valence-corrected chi connectivity index (χ3v) is 1.70. The molecule has 0 heterocycles. The van der Waals surface area contributed by atoms with Crippen molar-refractivity contribution in [3.8, 4) is 0 Å². The molecule has 2 nitrogen and oxygen atoms in total. The number of hydrogen-bond donors (Lipinski definition) is 1. The first-order chi connectivity index (χ1) is 5.65. The zero-order valence-electron chi connectivity index (χ0n) is 6.13. The molecule has 0 bridgehead atoms. The van der Waals surface area contributed by atoms with E-state index in [1.807, 2.05) is 0 Å². The minimum Gasteiger partial charge on any atom is -0.318 e. The van der Waals surface area contributed by atoms with E-state index in [0.717, 1.165) is 6.07 Å². The van der Waals surface area contributed by atoms with Gasteiger partial charge in [-0.1, -0.05) is 17.7 Å². The van der Waals surface area contributed by atoms with Gasteiger partial charge in [-0.05, 0) is 12.1 Å². The van der Waals surface area contributed by atoms with Crippen LogP contribution in [0.2, 0.25) is 5.02 Å². The van der Waals surface area contributed by atoms with Gasteiger partial charge in [-0.15, -0.1) is 0 Å². The number of hydrogen-bond acceptors (Lipinski definition) is 2. The second kappa shape index (κ2) is 3.65. The molecule has 2 N–H and O–H groups in total. The van der Waals surface area contributed by atoms with Crippen molar-refractivity contribution in [3.63, 3.8) is 0 Å². The van der Waals surface area contributed by atoms with E-state index in [9.17, 15) is 9.18 Å². The summed E-state index contributed by atoms with van der Waals surface area (Å²) in [6.45, 7) is 0. The summed E-state index contributed by atoms with van der Waals surface area (Å²) < 4.78 is 13.0. The van der Waals surface area contributed by atoms with E-state index in [0.29, 0.717) is 6.29 Å². The normalized spacial score (nSPS) is 12.6. The van der Waals surface area contributed by atoms with Gasteiger partial charge >= 0.3 is 0 Å². The molecule has 0 aliphatic rings. The molecule has 0 fully saturated rings. The molecule has 12 heavy (non-hydrogen) atoms. The van der Waals surface area contributed by atoms with E-state index in [2.05, 4.69) is 0 Å². The predicted octanol–water partition coefficient (Wildman–Crippen LogP) is 1.68. The van der Waals surface area contributed by atoms with Crippen LogP contribution in [0.25, 0.3) is 0 Å². The Morgan fingerprint density at radius 1 is 1.58 bits per heavy atom. The zero-order chi connectivity index (χ0) is 9.14. The maximum Gasteiger partial charge on any atom is 0.141 e. The molecule has 0 aromatic heterocycles. The van der Waals surface area contributed by atoms with Crippen molar-refractivity contribution >= 4 is 17.9 Å². The first kappa shape index (κ1) is 9.16. The highest BCUT2D eigenvalue weighted by atomic mass is 35.5. The monoisotopic (exact) mass is 187 g/mol. The molecule has 1 aromatic carbocycles. The molecule has 0 aliphatic carbocycles. The zero-order valence-corrected chi connectivity index (χ0v) is 6.88. The van der Waals surface area contributed by atoms with Gasteiger partial charge in [-0.2, -0.15) is 0 Å². The van der Waals surface area contributed by atoms with Gasteiger partial charge in [-0.3, -0.25) is 0 Å². The number of nitrogens with two attached hydrogens (primary N) is 1. The van der Waals surface area contributed by atoms with Crippen LogP contribution in [0.4, 0.5) is 4.39 Å². The van der Waals surface area contributed by atoms with E-state index in [1.54, 1.807) is 0 Å². The Morgan fingerprint density at radius 2 is 2.25 bits per heavy atom. The van der Waals surface area contributed by atoms with Gasteiger partial charge in [0.15, 0.2) is 0 Å². The van der Waals surface area contributed by atoms with E-state index in [-0.39, 0.29) is 10.6 Å². The van der Waals surface area contributed by atoms with Crippen LogP contribution in [-0.4, -0.2) is 6.29 Å². The molecule has 1 aromatic rings. The average molecular weight is 188 g/mol. The molecule has 1 unspecified atom stereocenters. The lowest BCUT2D eigenvalue weighted by Crippen LogP contribution is -2.12. The van der Waals surface area contributed by atoms with Crippen molar-refractivity contribution in [2.75, 3.05) is 0 Å². The number of carbonyl (C=O) groups is 1.